The Morgan fingerprint density at radius 1 is 1.12 bits per heavy atom. The molecule has 2 aromatic rings. The number of aromatic nitrogens is 4. The van der Waals surface area contributed by atoms with Gasteiger partial charge in [0.05, 0.1) is 30.3 Å². The van der Waals surface area contributed by atoms with Crippen molar-refractivity contribution in [3.8, 4) is 0 Å². The standard InChI is InChI=1S/C23H33N7O2/c1-14-10-29(11-15(2)32-14)22-24-8-17(9-25-22)30-13-23(3,4)19-20(26-16-6-5-7-16)27-18(12-31)28-21(19)30/h8-9,14-16,31H,5-7,10-13H2,1-4H3,(H,26,27,28)/t14-,15+. The van der Waals surface area contributed by atoms with Crippen molar-refractivity contribution >= 4 is 23.3 Å². The quantitative estimate of drug-likeness (QED) is 0.728. The number of nitrogens with zero attached hydrogens (tertiary/aromatic N) is 6. The van der Waals surface area contributed by atoms with Crippen LogP contribution in [0.25, 0.3) is 0 Å². The summed E-state index contributed by atoms with van der Waals surface area (Å²) in [4.78, 5) is 23.1. The van der Waals surface area contributed by atoms with Crippen molar-refractivity contribution in [3.05, 3.63) is 23.8 Å². The van der Waals surface area contributed by atoms with Gasteiger partial charge in [0, 0.05) is 36.7 Å². The number of ether oxygens (including phenoxy) is 1. The molecule has 172 valence electrons. The Balaban J connectivity index is 1.46. The highest BCUT2D eigenvalue weighted by molar-refractivity contribution is 5.74. The van der Waals surface area contributed by atoms with E-state index < -0.39 is 0 Å². The van der Waals surface area contributed by atoms with Crippen molar-refractivity contribution in [3.63, 3.8) is 0 Å². The molecule has 1 saturated heterocycles. The molecule has 0 aromatic carbocycles. The molecule has 9 nitrogen and oxygen atoms in total. The van der Waals surface area contributed by atoms with Gasteiger partial charge in [0.25, 0.3) is 0 Å². The predicted octanol–water partition coefficient (Wildman–Crippen LogP) is 2.77. The van der Waals surface area contributed by atoms with Crippen LogP contribution in [-0.2, 0) is 16.8 Å². The number of morpholine rings is 1. The molecule has 1 saturated carbocycles. The first kappa shape index (κ1) is 21.3. The molecule has 32 heavy (non-hydrogen) atoms. The lowest BCUT2D eigenvalue weighted by molar-refractivity contribution is -0.00571. The predicted molar refractivity (Wildman–Crippen MR) is 124 cm³/mol. The summed E-state index contributed by atoms with van der Waals surface area (Å²) < 4.78 is 5.83. The molecule has 9 heteroatoms. The van der Waals surface area contributed by atoms with Crippen molar-refractivity contribution in [1.29, 1.82) is 0 Å². The molecule has 0 bridgehead atoms. The molecule has 3 aliphatic rings. The van der Waals surface area contributed by atoms with E-state index in [1.807, 2.05) is 12.4 Å². The van der Waals surface area contributed by atoms with Crippen LogP contribution in [0.4, 0.5) is 23.3 Å². The minimum atomic E-state index is -0.191. The number of fused-ring (bicyclic) bond motifs is 1. The molecule has 5 rings (SSSR count). The molecule has 2 aromatic heterocycles. The van der Waals surface area contributed by atoms with E-state index >= 15 is 0 Å². The maximum absolute atomic E-state index is 9.80. The van der Waals surface area contributed by atoms with Gasteiger partial charge in [0.15, 0.2) is 5.82 Å². The molecule has 0 radical (unpaired) electrons. The molecule has 2 N–H and O–H groups in total. The van der Waals surface area contributed by atoms with Crippen LogP contribution >= 0.6 is 0 Å². The third-order valence-electron chi connectivity index (χ3n) is 6.65. The average molecular weight is 440 g/mol. The van der Waals surface area contributed by atoms with E-state index in [-0.39, 0.29) is 24.2 Å². The highest BCUT2D eigenvalue weighted by atomic mass is 16.5. The van der Waals surface area contributed by atoms with Gasteiger partial charge in [-0.25, -0.2) is 19.9 Å². The van der Waals surface area contributed by atoms with E-state index in [4.69, 9.17) is 9.72 Å². The Morgan fingerprint density at radius 2 is 1.81 bits per heavy atom. The van der Waals surface area contributed by atoms with Crippen molar-refractivity contribution in [2.75, 3.05) is 34.8 Å². The topological polar surface area (TPSA) is 99.5 Å². The largest absolute Gasteiger partial charge is 0.388 e. The van der Waals surface area contributed by atoms with Crippen LogP contribution in [0, 0.1) is 0 Å². The summed E-state index contributed by atoms with van der Waals surface area (Å²) in [5, 5.41) is 13.4. The molecular formula is C23H33N7O2. The van der Waals surface area contributed by atoms with E-state index in [9.17, 15) is 5.11 Å². The van der Waals surface area contributed by atoms with Crippen molar-refractivity contribution in [2.45, 2.75) is 77.2 Å². The summed E-state index contributed by atoms with van der Waals surface area (Å²) in [6.07, 6.45) is 7.62. The summed E-state index contributed by atoms with van der Waals surface area (Å²) in [7, 11) is 0. The molecule has 0 amide bonds. The van der Waals surface area contributed by atoms with Gasteiger partial charge in [-0.15, -0.1) is 0 Å². The molecule has 1 aliphatic carbocycles. The zero-order valence-corrected chi connectivity index (χ0v) is 19.4. The van der Waals surface area contributed by atoms with Crippen LogP contribution in [0.2, 0.25) is 0 Å². The SMILES string of the molecule is C[C@@H]1CN(c2ncc(N3CC(C)(C)c4c(NC5CCC5)nc(CO)nc43)cn2)C[C@H](C)O1. The van der Waals surface area contributed by atoms with Crippen LogP contribution in [0.5, 0.6) is 0 Å². The zero-order valence-electron chi connectivity index (χ0n) is 19.4. The maximum Gasteiger partial charge on any atom is 0.225 e. The fourth-order valence-electron chi connectivity index (χ4n) is 4.95. The first-order chi connectivity index (χ1) is 15.3. The smallest absolute Gasteiger partial charge is 0.225 e. The van der Waals surface area contributed by atoms with Crippen LogP contribution in [0.1, 0.15) is 58.3 Å². The van der Waals surface area contributed by atoms with Crippen molar-refractivity contribution < 1.29 is 9.84 Å². The molecule has 2 atom stereocenters. The lowest BCUT2D eigenvalue weighted by Crippen LogP contribution is -2.46. The second kappa shape index (κ2) is 8.12. The molecule has 4 heterocycles. The van der Waals surface area contributed by atoms with Crippen LogP contribution < -0.4 is 15.1 Å². The van der Waals surface area contributed by atoms with Crippen molar-refractivity contribution in [1.82, 2.24) is 19.9 Å². The Kier molecular flexibility index (Phi) is 5.41. The van der Waals surface area contributed by atoms with Gasteiger partial charge in [-0.05, 0) is 33.1 Å². The first-order valence-corrected chi connectivity index (χ1v) is 11.6. The number of aliphatic hydroxyl groups is 1. The molecule has 0 unspecified atom stereocenters. The van der Waals surface area contributed by atoms with E-state index in [1.54, 1.807) is 0 Å². The second-order valence-corrected chi connectivity index (χ2v) is 9.99. The van der Waals surface area contributed by atoms with Gasteiger partial charge in [0.2, 0.25) is 5.95 Å². The number of hydrogen-bond acceptors (Lipinski definition) is 9. The number of hydrogen-bond donors (Lipinski definition) is 2. The van der Waals surface area contributed by atoms with Crippen molar-refractivity contribution in [2.24, 2.45) is 0 Å². The Bertz CT molecular complexity index is 967. The van der Waals surface area contributed by atoms with Crippen LogP contribution in [0.15, 0.2) is 12.4 Å². The summed E-state index contributed by atoms with van der Waals surface area (Å²) in [5.41, 5.74) is 1.84. The van der Waals surface area contributed by atoms with Gasteiger partial charge in [-0.3, -0.25) is 0 Å². The number of nitrogens with one attached hydrogen (secondary N) is 1. The van der Waals surface area contributed by atoms with Gasteiger partial charge < -0.3 is 25.0 Å². The number of anilines is 4. The second-order valence-electron chi connectivity index (χ2n) is 9.99. The molecule has 2 aliphatic heterocycles. The summed E-state index contributed by atoms with van der Waals surface area (Å²) in [6, 6.07) is 0.450. The highest BCUT2D eigenvalue weighted by Crippen LogP contribution is 2.46. The Hall–Kier alpha value is -2.52. The Morgan fingerprint density at radius 3 is 2.41 bits per heavy atom. The number of aliphatic hydroxyl groups excluding tert-OH is 1. The average Bonchev–Trinajstić information content (AvgIpc) is 3.01. The summed E-state index contributed by atoms with van der Waals surface area (Å²) in [5.74, 6) is 2.84. The van der Waals surface area contributed by atoms with E-state index in [0.717, 1.165) is 61.3 Å². The highest BCUT2D eigenvalue weighted by Gasteiger charge is 2.41. The monoisotopic (exact) mass is 439 g/mol. The minimum Gasteiger partial charge on any atom is -0.388 e. The van der Waals surface area contributed by atoms with Gasteiger partial charge in [0.1, 0.15) is 18.2 Å². The van der Waals surface area contributed by atoms with E-state index in [0.29, 0.717) is 11.9 Å². The molecule has 0 spiro atoms. The van der Waals surface area contributed by atoms with Crippen LogP contribution in [0.3, 0.4) is 0 Å². The van der Waals surface area contributed by atoms with Gasteiger partial charge in [-0.1, -0.05) is 13.8 Å². The fraction of sp³-hybridized carbons (Fsp3) is 0.652. The maximum atomic E-state index is 9.80. The van der Waals surface area contributed by atoms with Crippen LogP contribution in [-0.4, -0.2) is 62.9 Å². The third-order valence-corrected chi connectivity index (χ3v) is 6.65. The minimum absolute atomic E-state index is 0.150. The normalized spacial score (nSPS) is 24.9. The van der Waals surface area contributed by atoms with E-state index in [2.05, 4.69) is 57.8 Å². The lowest BCUT2D eigenvalue weighted by atomic mass is 9.87. The fourth-order valence-corrected chi connectivity index (χ4v) is 4.95. The Labute approximate surface area is 189 Å². The van der Waals surface area contributed by atoms with E-state index in [1.165, 1.54) is 6.42 Å². The molecule has 2 fully saturated rings. The first-order valence-electron chi connectivity index (χ1n) is 11.6. The summed E-state index contributed by atoms with van der Waals surface area (Å²) >= 11 is 0. The lowest BCUT2D eigenvalue weighted by Gasteiger charge is -2.35. The van der Waals surface area contributed by atoms with Gasteiger partial charge >= 0.3 is 0 Å². The summed E-state index contributed by atoms with van der Waals surface area (Å²) in [6.45, 7) is 10.7. The molecular weight excluding hydrogens is 406 g/mol. The third kappa shape index (κ3) is 3.88. The zero-order chi connectivity index (χ0) is 22.5. The van der Waals surface area contributed by atoms with Gasteiger partial charge in [-0.2, -0.15) is 0 Å². The number of rotatable bonds is 5.